The molecule has 22 heavy (non-hydrogen) atoms. The van der Waals surface area contributed by atoms with Crippen LogP contribution in [0.3, 0.4) is 0 Å². The third kappa shape index (κ3) is 3.86. The highest BCUT2D eigenvalue weighted by Gasteiger charge is 2.38. The minimum Gasteiger partial charge on any atom is -0.478 e. The topological polar surface area (TPSA) is 63.6 Å². The van der Waals surface area contributed by atoms with Crippen LogP contribution >= 0.6 is 11.6 Å². The third-order valence-corrected chi connectivity index (χ3v) is 3.45. The van der Waals surface area contributed by atoms with Crippen molar-refractivity contribution in [3.63, 3.8) is 0 Å². The van der Waals surface area contributed by atoms with E-state index in [9.17, 15) is 14.7 Å². The smallest absolute Gasteiger partial charge is 0.348 e. The van der Waals surface area contributed by atoms with Crippen LogP contribution in [-0.2, 0) is 4.79 Å². The lowest BCUT2D eigenvalue weighted by Gasteiger charge is -2.25. The summed E-state index contributed by atoms with van der Waals surface area (Å²) in [7, 11) is 0. The van der Waals surface area contributed by atoms with E-state index in [1.807, 2.05) is 0 Å². The summed E-state index contributed by atoms with van der Waals surface area (Å²) >= 11 is 5.78. The van der Waals surface area contributed by atoms with Gasteiger partial charge in [-0.25, -0.2) is 4.79 Å². The number of carbonyl (C=O) groups excluding carboxylic acids is 1. The van der Waals surface area contributed by atoms with Gasteiger partial charge in [0.15, 0.2) is 5.78 Å². The molecule has 114 valence electrons. The first kappa shape index (κ1) is 16.0. The van der Waals surface area contributed by atoms with E-state index >= 15 is 0 Å². The summed E-state index contributed by atoms with van der Waals surface area (Å²) in [5, 5.41) is 9.96. The monoisotopic (exact) mass is 318 g/mol. The molecular formula is C17H15ClO4. The second-order valence-electron chi connectivity index (χ2n) is 5.06. The van der Waals surface area contributed by atoms with Crippen LogP contribution in [0, 0.1) is 0 Å². The lowest BCUT2D eigenvalue weighted by atomic mass is 9.95. The second-order valence-corrected chi connectivity index (χ2v) is 5.49. The van der Waals surface area contributed by atoms with Gasteiger partial charge in [-0.15, -0.1) is 0 Å². The molecule has 0 bridgehead atoms. The Morgan fingerprint density at radius 3 is 2.23 bits per heavy atom. The second kappa shape index (κ2) is 6.62. The molecule has 0 heterocycles. The van der Waals surface area contributed by atoms with Crippen molar-refractivity contribution in [3.8, 4) is 5.75 Å². The Kier molecular flexibility index (Phi) is 4.83. The molecule has 1 atom stereocenters. The number of hydrogen-bond acceptors (Lipinski definition) is 3. The van der Waals surface area contributed by atoms with Gasteiger partial charge < -0.3 is 9.84 Å². The van der Waals surface area contributed by atoms with Crippen LogP contribution in [0.5, 0.6) is 5.75 Å². The Morgan fingerprint density at radius 2 is 1.68 bits per heavy atom. The molecule has 1 unspecified atom stereocenters. The molecule has 0 radical (unpaired) electrons. The van der Waals surface area contributed by atoms with Crippen LogP contribution in [0.2, 0.25) is 5.02 Å². The highest BCUT2D eigenvalue weighted by atomic mass is 35.5. The molecule has 0 fully saturated rings. The van der Waals surface area contributed by atoms with Gasteiger partial charge in [0.25, 0.3) is 0 Å². The van der Waals surface area contributed by atoms with Gasteiger partial charge >= 0.3 is 5.97 Å². The number of carbonyl (C=O) groups is 2. The van der Waals surface area contributed by atoms with Crippen LogP contribution in [-0.4, -0.2) is 22.5 Å². The van der Waals surface area contributed by atoms with Crippen molar-refractivity contribution >= 4 is 23.4 Å². The van der Waals surface area contributed by atoms with Gasteiger partial charge in [-0.05, 0) is 31.2 Å². The number of rotatable bonds is 6. The maximum atomic E-state index is 12.2. The van der Waals surface area contributed by atoms with Crippen molar-refractivity contribution < 1.29 is 19.4 Å². The van der Waals surface area contributed by atoms with Crippen LogP contribution in [0.15, 0.2) is 54.6 Å². The van der Waals surface area contributed by atoms with Gasteiger partial charge in [0.1, 0.15) is 5.75 Å². The zero-order valence-electron chi connectivity index (χ0n) is 12.0. The van der Waals surface area contributed by atoms with Crippen LogP contribution in [0.1, 0.15) is 23.7 Å². The largest absolute Gasteiger partial charge is 0.478 e. The summed E-state index contributed by atoms with van der Waals surface area (Å²) in [6.07, 6.45) is -0.269. The summed E-state index contributed by atoms with van der Waals surface area (Å²) < 4.78 is 5.53. The van der Waals surface area contributed by atoms with E-state index in [1.165, 1.54) is 6.92 Å². The van der Waals surface area contributed by atoms with Crippen molar-refractivity contribution in [2.75, 3.05) is 0 Å². The average Bonchev–Trinajstić information content (AvgIpc) is 2.50. The molecule has 0 amide bonds. The maximum Gasteiger partial charge on any atom is 0.348 e. The van der Waals surface area contributed by atoms with Gasteiger partial charge in [-0.1, -0.05) is 41.9 Å². The van der Waals surface area contributed by atoms with Crippen molar-refractivity contribution in [1.82, 2.24) is 0 Å². The minimum absolute atomic E-state index is 0.269. The maximum absolute atomic E-state index is 12.2. The van der Waals surface area contributed by atoms with Crippen LogP contribution < -0.4 is 4.74 Å². The number of ketones is 1. The van der Waals surface area contributed by atoms with Gasteiger partial charge in [0, 0.05) is 10.6 Å². The molecule has 0 saturated heterocycles. The Balaban J connectivity index is 2.19. The summed E-state index contributed by atoms with van der Waals surface area (Å²) in [6, 6.07) is 14.9. The summed E-state index contributed by atoms with van der Waals surface area (Å²) in [5.41, 5.74) is -1.20. The molecule has 5 heteroatoms. The number of ether oxygens (including phenoxy) is 1. The zero-order chi connectivity index (χ0) is 16.2. The van der Waals surface area contributed by atoms with E-state index in [0.717, 1.165) is 0 Å². The number of carboxylic acid groups (broad SMARTS) is 1. The molecule has 2 aromatic carbocycles. The van der Waals surface area contributed by atoms with E-state index in [4.69, 9.17) is 16.3 Å². The van der Waals surface area contributed by atoms with E-state index in [1.54, 1.807) is 54.6 Å². The molecule has 0 aliphatic carbocycles. The number of aliphatic carboxylic acids is 1. The van der Waals surface area contributed by atoms with E-state index in [-0.39, 0.29) is 12.2 Å². The predicted molar refractivity (Wildman–Crippen MR) is 83.5 cm³/mol. The van der Waals surface area contributed by atoms with Gasteiger partial charge in [-0.2, -0.15) is 0 Å². The molecule has 0 spiro atoms. The number of halogens is 1. The van der Waals surface area contributed by atoms with Crippen LogP contribution in [0.25, 0.3) is 0 Å². The molecule has 1 N–H and O–H groups in total. The highest BCUT2D eigenvalue weighted by Crippen LogP contribution is 2.25. The van der Waals surface area contributed by atoms with Crippen molar-refractivity contribution in [2.45, 2.75) is 18.9 Å². The first-order chi connectivity index (χ1) is 10.4. The fraction of sp³-hybridized carbons (Fsp3) is 0.176. The Labute approximate surface area is 133 Å². The fourth-order valence-corrected chi connectivity index (χ4v) is 2.08. The molecule has 0 aliphatic rings. The molecule has 0 saturated carbocycles. The molecule has 2 aromatic rings. The number of Topliss-reactive ketones (excluding diaryl/α,β-unsaturated/α-hetero) is 1. The lowest BCUT2D eigenvalue weighted by Crippen LogP contribution is -2.43. The summed E-state index contributed by atoms with van der Waals surface area (Å²) in [5.74, 6) is -1.15. The number of carboxylic acids is 1. The summed E-state index contributed by atoms with van der Waals surface area (Å²) in [4.78, 5) is 23.8. The Hall–Kier alpha value is -2.33. The number of benzene rings is 2. The van der Waals surface area contributed by atoms with Gasteiger partial charge in [-0.3, -0.25) is 4.79 Å². The quantitative estimate of drug-likeness (QED) is 0.822. The third-order valence-electron chi connectivity index (χ3n) is 3.20. The normalized spacial score (nSPS) is 13.2. The Bertz CT molecular complexity index is 667. The number of hydrogen-bond donors (Lipinski definition) is 1. The molecule has 0 aromatic heterocycles. The average molecular weight is 319 g/mol. The molecular weight excluding hydrogens is 304 g/mol. The van der Waals surface area contributed by atoms with Crippen molar-refractivity contribution in [2.24, 2.45) is 0 Å². The zero-order valence-corrected chi connectivity index (χ0v) is 12.7. The first-order valence-corrected chi connectivity index (χ1v) is 7.05. The van der Waals surface area contributed by atoms with E-state index in [0.29, 0.717) is 16.3 Å². The fourth-order valence-electron chi connectivity index (χ4n) is 1.95. The van der Waals surface area contributed by atoms with Crippen LogP contribution in [0.4, 0.5) is 0 Å². The SMILES string of the molecule is CC(CC(=O)c1ccccc1)(Oc1ccc(Cl)cc1)C(=O)O. The first-order valence-electron chi connectivity index (χ1n) is 6.67. The molecule has 2 rings (SSSR count). The van der Waals surface area contributed by atoms with E-state index in [2.05, 4.69) is 0 Å². The molecule has 4 nitrogen and oxygen atoms in total. The van der Waals surface area contributed by atoms with Crippen molar-refractivity contribution in [1.29, 1.82) is 0 Å². The van der Waals surface area contributed by atoms with E-state index < -0.39 is 11.6 Å². The minimum atomic E-state index is -1.65. The lowest BCUT2D eigenvalue weighted by molar-refractivity contribution is -0.153. The summed E-state index contributed by atoms with van der Waals surface area (Å²) in [6.45, 7) is 1.38. The highest BCUT2D eigenvalue weighted by molar-refractivity contribution is 6.30. The standard InChI is InChI=1S/C17H15ClO4/c1-17(16(20)21,22-14-9-7-13(18)8-10-14)11-15(19)12-5-3-2-4-6-12/h2-10H,11H2,1H3,(H,20,21). The molecule has 0 aliphatic heterocycles. The van der Waals surface area contributed by atoms with Gasteiger partial charge in [0.05, 0.1) is 6.42 Å². The van der Waals surface area contributed by atoms with Gasteiger partial charge in [0.2, 0.25) is 5.60 Å². The van der Waals surface area contributed by atoms with Crippen molar-refractivity contribution in [3.05, 3.63) is 65.2 Å². The predicted octanol–water partition coefficient (Wildman–Crippen LogP) is 3.84. The Morgan fingerprint density at radius 1 is 1.09 bits per heavy atom.